The topological polar surface area (TPSA) is 29.3 Å². The van der Waals surface area contributed by atoms with Crippen molar-refractivity contribution in [1.29, 1.82) is 0 Å². The van der Waals surface area contributed by atoms with Gasteiger partial charge in [0.05, 0.1) is 4.99 Å². The minimum Gasteiger partial charge on any atom is -0.393 e. The standard InChI is InChI=1S/C14H20F2N2S/c1-10(2)8-18(7-6-14(17)19)9-11-12(15)4-3-5-13(11)16/h3-5,10H,6-9H2,1-2H3,(H2,17,19). The fourth-order valence-electron chi connectivity index (χ4n) is 1.93. The lowest BCUT2D eigenvalue weighted by molar-refractivity contribution is 0.236. The van der Waals surface area contributed by atoms with Gasteiger partial charge in [-0.15, -0.1) is 0 Å². The van der Waals surface area contributed by atoms with Gasteiger partial charge < -0.3 is 5.73 Å². The van der Waals surface area contributed by atoms with E-state index in [0.29, 0.717) is 23.9 Å². The molecule has 5 heteroatoms. The van der Waals surface area contributed by atoms with Gasteiger partial charge in [-0.25, -0.2) is 8.78 Å². The van der Waals surface area contributed by atoms with Crippen molar-refractivity contribution >= 4 is 17.2 Å². The second kappa shape index (κ2) is 7.50. The summed E-state index contributed by atoms with van der Waals surface area (Å²) in [6.45, 7) is 5.72. The maximum atomic E-state index is 13.6. The van der Waals surface area contributed by atoms with Crippen molar-refractivity contribution in [1.82, 2.24) is 4.90 Å². The first-order chi connectivity index (χ1) is 8.90. The van der Waals surface area contributed by atoms with Crippen LogP contribution in [0, 0.1) is 17.6 Å². The highest BCUT2D eigenvalue weighted by Gasteiger charge is 2.14. The van der Waals surface area contributed by atoms with Crippen molar-refractivity contribution < 1.29 is 8.78 Å². The summed E-state index contributed by atoms with van der Waals surface area (Å²) in [7, 11) is 0. The number of benzene rings is 1. The molecule has 0 unspecified atom stereocenters. The summed E-state index contributed by atoms with van der Waals surface area (Å²) in [6.07, 6.45) is 0.554. The fourth-order valence-corrected chi connectivity index (χ4v) is 2.02. The van der Waals surface area contributed by atoms with Crippen LogP contribution >= 0.6 is 12.2 Å². The smallest absolute Gasteiger partial charge is 0.130 e. The Labute approximate surface area is 118 Å². The predicted molar refractivity (Wildman–Crippen MR) is 77.9 cm³/mol. The van der Waals surface area contributed by atoms with Crippen LogP contribution in [-0.2, 0) is 6.54 Å². The minimum atomic E-state index is -0.510. The maximum Gasteiger partial charge on any atom is 0.130 e. The van der Waals surface area contributed by atoms with Crippen molar-refractivity contribution in [3.8, 4) is 0 Å². The Morgan fingerprint density at radius 2 is 1.89 bits per heavy atom. The van der Waals surface area contributed by atoms with Crippen molar-refractivity contribution in [3.05, 3.63) is 35.4 Å². The van der Waals surface area contributed by atoms with Crippen LogP contribution in [0.5, 0.6) is 0 Å². The average molecular weight is 286 g/mol. The zero-order valence-corrected chi connectivity index (χ0v) is 12.1. The molecule has 0 fully saturated rings. The molecule has 0 saturated heterocycles. The third kappa shape index (κ3) is 5.61. The molecule has 1 aromatic rings. The summed E-state index contributed by atoms with van der Waals surface area (Å²) in [4.78, 5) is 2.40. The Morgan fingerprint density at radius 3 is 2.37 bits per heavy atom. The molecule has 0 aliphatic carbocycles. The van der Waals surface area contributed by atoms with Gasteiger partial charge in [0.1, 0.15) is 11.6 Å². The molecule has 0 aliphatic heterocycles. The molecule has 0 amide bonds. The number of hydrogen-bond acceptors (Lipinski definition) is 2. The third-order valence-corrected chi connectivity index (χ3v) is 2.95. The highest BCUT2D eigenvalue weighted by atomic mass is 32.1. The van der Waals surface area contributed by atoms with E-state index in [9.17, 15) is 8.78 Å². The molecular weight excluding hydrogens is 266 g/mol. The number of hydrogen-bond donors (Lipinski definition) is 1. The normalized spacial score (nSPS) is 11.3. The number of nitrogens with zero attached hydrogens (tertiary/aromatic N) is 1. The quantitative estimate of drug-likeness (QED) is 0.781. The summed E-state index contributed by atoms with van der Waals surface area (Å²) in [5.41, 5.74) is 5.58. The molecule has 0 bridgehead atoms. The molecule has 0 aromatic heterocycles. The van der Waals surface area contributed by atoms with Gasteiger partial charge in [-0.3, -0.25) is 4.90 Å². The van der Waals surface area contributed by atoms with Gasteiger partial charge in [0.15, 0.2) is 0 Å². The van der Waals surface area contributed by atoms with Crippen LogP contribution < -0.4 is 5.73 Å². The predicted octanol–water partition coefficient (Wildman–Crippen LogP) is 3.10. The highest BCUT2D eigenvalue weighted by Crippen LogP contribution is 2.15. The van der Waals surface area contributed by atoms with Crippen molar-refractivity contribution in [2.75, 3.05) is 13.1 Å². The lowest BCUT2D eigenvalue weighted by Gasteiger charge is -2.24. The average Bonchev–Trinajstić information content (AvgIpc) is 2.30. The summed E-state index contributed by atoms with van der Waals surface area (Å²) in [5, 5.41) is 0. The Balaban J connectivity index is 2.78. The van der Waals surface area contributed by atoms with Crippen molar-refractivity contribution in [3.63, 3.8) is 0 Å². The van der Waals surface area contributed by atoms with Gasteiger partial charge in [0.25, 0.3) is 0 Å². The van der Waals surface area contributed by atoms with E-state index in [0.717, 1.165) is 6.54 Å². The van der Waals surface area contributed by atoms with Gasteiger partial charge in [-0.05, 0) is 18.1 Å². The largest absolute Gasteiger partial charge is 0.393 e. The molecule has 19 heavy (non-hydrogen) atoms. The van der Waals surface area contributed by atoms with Crippen LogP contribution in [0.2, 0.25) is 0 Å². The zero-order valence-electron chi connectivity index (χ0n) is 11.3. The van der Waals surface area contributed by atoms with E-state index >= 15 is 0 Å². The lowest BCUT2D eigenvalue weighted by atomic mass is 10.1. The number of thiocarbonyl (C=S) groups is 1. The fraction of sp³-hybridized carbons (Fsp3) is 0.500. The number of nitrogens with two attached hydrogens (primary N) is 1. The van der Waals surface area contributed by atoms with Gasteiger partial charge in [0, 0.05) is 31.6 Å². The summed E-state index contributed by atoms with van der Waals surface area (Å²) >= 11 is 4.85. The monoisotopic (exact) mass is 286 g/mol. The van der Waals surface area contributed by atoms with E-state index < -0.39 is 11.6 Å². The van der Waals surface area contributed by atoms with Crippen LogP contribution in [0.15, 0.2) is 18.2 Å². The Morgan fingerprint density at radius 1 is 1.32 bits per heavy atom. The SMILES string of the molecule is CC(C)CN(CCC(N)=S)Cc1c(F)cccc1F. The summed E-state index contributed by atoms with van der Waals surface area (Å²) < 4.78 is 27.3. The van der Waals surface area contributed by atoms with Crippen LogP contribution in [0.4, 0.5) is 8.78 Å². The molecule has 0 spiro atoms. The molecular formula is C14H20F2N2S. The van der Waals surface area contributed by atoms with Crippen molar-refractivity contribution in [2.45, 2.75) is 26.8 Å². The van der Waals surface area contributed by atoms with E-state index in [4.69, 9.17) is 18.0 Å². The first-order valence-corrected chi connectivity index (χ1v) is 6.74. The summed E-state index contributed by atoms with van der Waals surface area (Å²) in [5.74, 6) is -0.616. The number of rotatable bonds is 7. The van der Waals surface area contributed by atoms with Crippen LogP contribution in [0.3, 0.4) is 0 Å². The summed E-state index contributed by atoms with van der Waals surface area (Å²) in [6, 6.07) is 3.93. The van der Waals surface area contributed by atoms with Gasteiger partial charge >= 0.3 is 0 Å². The van der Waals surface area contributed by atoms with E-state index in [2.05, 4.69) is 13.8 Å². The molecule has 1 aromatic carbocycles. The van der Waals surface area contributed by atoms with Crippen LogP contribution in [-0.4, -0.2) is 23.0 Å². The molecule has 0 aliphatic rings. The van der Waals surface area contributed by atoms with Crippen molar-refractivity contribution in [2.24, 2.45) is 11.7 Å². The zero-order chi connectivity index (χ0) is 14.4. The van der Waals surface area contributed by atoms with Crippen LogP contribution in [0.1, 0.15) is 25.8 Å². The Bertz CT molecular complexity index is 415. The molecule has 106 valence electrons. The molecule has 2 nitrogen and oxygen atoms in total. The molecule has 2 N–H and O–H groups in total. The maximum absolute atomic E-state index is 13.6. The Hall–Kier alpha value is -1.07. The molecule has 0 atom stereocenters. The lowest BCUT2D eigenvalue weighted by Crippen LogP contribution is -2.31. The van der Waals surface area contributed by atoms with Crippen LogP contribution in [0.25, 0.3) is 0 Å². The Kier molecular flexibility index (Phi) is 6.31. The third-order valence-electron chi connectivity index (χ3n) is 2.74. The first-order valence-electron chi connectivity index (χ1n) is 6.33. The van der Waals surface area contributed by atoms with E-state index in [-0.39, 0.29) is 12.1 Å². The first kappa shape index (κ1) is 16.0. The van der Waals surface area contributed by atoms with Gasteiger partial charge in [-0.2, -0.15) is 0 Å². The minimum absolute atomic E-state index is 0.103. The van der Waals surface area contributed by atoms with E-state index in [1.165, 1.54) is 18.2 Å². The molecule has 0 saturated carbocycles. The second-order valence-electron chi connectivity index (χ2n) is 5.05. The number of halogens is 2. The molecule has 0 heterocycles. The molecule has 1 rings (SSSR count). The van der Waals surface area contributed by atoms with E-state index in [1.807, 2.05) is 4.90 Å². The highest BCUT2D eigenvalue weighted by molar-refractivity contribution is 7.80. The van der Waals surface area contributed by atoms with Gasteiger partial charge in [-0.1, -0.05) is 32.1 Å². The second-order valence-corrected chi connectivity index (χ2v) is 5.57. The molecule has 0 radical (unpaired) electrons. The van der Waals surface area contributed by atoms with Gasteiger partial charge in [0.2, 0.25) is 0 Å². The van der Waals surface area contributed by atoms with E-state index in [1.54, 1.807) is 0 Å².